The second-order valence-electron chi connectivity index (χ2n) is 5.32. The van der Waals surface area contributed by atoms with Crippen LogP contribution >= 0.6 is 11.6 Å². The van der Waals surface area contributed by atoms with Crippen LogP contribution in [0.25, 0.3) is 27.5 Å². The molecular formula is C17H11ClN4O2. The van der Waals surface area contributed by atoms with Gasteiger partial charge < -0.3 is 5.84 Å². The van der Waals surface area contributed by atoms with Crippen molar-refractivity contribution in [1.82, 2.24) is 14.2 Å². The number of pyridine rings is 3. The van der Waals surface area contributed by atoms with Gasteiger partial charge >= 0.3 is 0 Å². The Kier molecular flexibility index (Phi) is 3.14. The van der Waals surface area contributed by atoms with Gasteiger partial charge in [-0.15, -0.1) is 0 Å². The maximum absolute atomic E-state index is 12.8. The molecule has 0 aliphatic rings. The fourth-order valence-electron chi connectivity index (χ4n) is 2.68. The molecule has 24 heavy (non-hydrogen) atoms. The minimum Gasteiger partial charge on any atom is -0.336 e. The van der Waals surface area contributed by atoms with Crippen molar-refractivity contribution in [3.63, 3.8) is 0 Å². The summed E-state index contributed by atoms with van der Waals surface area (Å²) in [5.74, 6) is 5.58. The molecule has 4 aromatic rings. The normalized spacial score (nSPS) is 11.2. The van der Waals surface area contributed by atoms with E-state index < -0.39 is 5.56 Å². The van der Waals surface area contributed by atoms with Crippen molar-refractivity contribution in [1.29, 1.82) is 0 Å². The lowest BCUT2D eigenvalue weighted by atomic mass is 10.2. The first kappa shape index (κ1) is 14.5. The van der Waals surface area contributed by atoms with Crippen LogP contribution < -0.4 is 17.0 Å². The SMILES string of the molecule is Nn1ccc2nc3ccn(-c4ccccc4Cl)c(=O)c3cc2c1=O. The second kappa shape index (κ2) is 5.21. The summed E-state index contributed by atoms with van der Waals surface area (Å²) in [4.78, 5) is 29.4. The van der Waals surface area contributed by atoms with Gasteiger partial charge in [-0.3, -0.25) is 14.2 Å². The lowest BCUT2D eigenvalue weighted by Gasteiger charge is -2.09. The lowest BCUT2D eigenvalue weighted by Crippen LogP contribution is -2.26. The molecule has 118 valence electrons. The van der Waals surface area contributed by atoms with Crippen LogP contribution in [0.3, 0.4) is 0 Å². The lowest BCUT2D eigenvalue weighted by molar-refractivity contribution is 0.951. The van der Waals surface area contributed by atoms with Gasteiger partial charge in [0.05, 0.1) is 32.5 Å². The van der Waals surface area contributed by atoms with Gasteiger partial charge in [-0.05, 0) is 30.3 Å². The number of nitrogens with zero attached hydrogens (tertiary/aromatic N) is 3. The molecule has 0 bridgehead atoms. The summed E-state index contributed by atoms with van der Waals surface area (Å²) in [7, 11) is 0. The first-order chi connectivity index (χ1) is 11.6. The Balaban J connectivity index is 2.11. The van der Waals surface area contributed by atoms with Crippen molar-refractivity contribution >= 4 is 33.4 Å². The van der Waals surface area contributed by atoms with E-state index in [0.717, 1.165) is 4.68 Å². The van der Waals surface area contributed by atoms with E-state index in [1.165, 1.54) is 16.8 Å². The maximum Gasteiger partial charge on any atom is 0.278 e. The highest BCUT2D eigenvalue weighted by molar-refractivity contribution is 6.32. The molecule has 3 heterocycles. The molecule has 0 radical (unpaired) electrons. The number of hydrogen-bond acceptors (Lipinski definition) is 4. The van der Waals surface area contributed by atoms with Crippen molar-refractivity contribution in [2.24, 2.45) is 0 Å². The first-order valence-corrected chi connectivity index (χ1v) is 7.52. The zero-order chi connectivity index (χ0) is 16.8. The highest BCUT2D eigenvalue weighted by atomic mass is 35.5. The zero-order valence-electron chi connectivity index (χ0n) is 12.3. The number of hydrogen-bond donors (Lipinski definition) is 1. The van der Waals surface area contributed by atoms with Gasteiger partial charge in [-0.1, -0.05) is 23.7 Å². The van der Waals surface area contributed by atoms with E-state index in [0.29, 0.717) is 32.5 Å². The molecule has 0 saturated heterocycles. The van der Waals surface area contributed by atoms with Gasteiger partial charge in [0, 0.05) is 12.4 Å². The number of benzene rings is 1. The average molecular weight is 339 g/mol. The summed E-state index contributed by atoms with van der Waals surface area (Å²) >= 11 is 6.18. The maximum atomic E-state index is 12.8. The molecule has 7 heteroatoms. The number of nitrogens with two attached hydrogens (primary N) is 1. The monoisotopic (exact) mass is 338 g/mol. The number of nitrogen functional groups attached to an aromatic ring is 1. The minimum absolute atomic E-state index is 0.293. The Morgan fingerprint density at radius 2 is 1.58 bits per heavy atom. The number of para-hydroxylation sites is 1. The first-order valence-electron chi connectivity index (χ1n) is 7.14. The Hall–Kier alpha value is -3.12. The quantitative estimate of drug-likeness (QED) is 0.425. The summed E-state index contributed by atoms with van der Waals surface area (Å²) in [6, 6.07) is 11.9. The summed E-state index contributed by atoms with van der Waals surface area (Å²) in [6.45, 7) is 0. The Bertz CT molecular complexity index is 1230. The van der Waals surface area contributed by atoms with Crippen molar-refractivity contribution in [2.75, 3.05) is 5.84 Å². The molecule has 0 atom stereocenters. The Labute approximate surface area is 140 Å². The fourth-order valence-corrected chi connectivity index (χ4v) is 2.90. The summed E-state index contributed by atoms with van der Waals surface area (Å²) in [5.41, 5.74) is 0.848. The molecule has 0 spiro atoms. The number of rotatable bonds is 1. The van der Waals surface area contributed by atoms with Crippen LogP contribution in [0.5, 0.6) is 0 Å². The topological polar surface area (TPSA) is 82.9 Å². The van der Waals surface area contributed by atoms with Crippen LogP contribution in [0.15, 0.2) is 64.4 Å². The molecule has 2 N–H and O–H groups in total. The molecule has 3 aromatic heterocycles. The molecule has 6 nitrogen and oxygen atoms in total. The number of aromatic nitrogens is 3. The standard InChI is InChI=1S/C17H11ClN4O2/c18-12-3-1-2-4-15(12)21-7-5-13-10(16(21)23)9-11-14(20-13)6-8-22(19)17(11)24/h1-9H,19H2. The van der Waals surface area contributed by atoms with Crippen LogP contribution in [-0.4, -0.2) is 14.2 Å². The highest BCUT2D eigenvalue weighted by Crippen LogP contribution is 2.20. The van der Waals surface area contributed by atoms with Crippen LogP contribution in [0, 0.1) is 0 Å². The van der Waals surface area contributed by atoms with Crippen molar-refractivity contribution in [3.05, 3.63) is 80.6 Å². The van der Waals surface area contributed by atoms with E-state index >= 15 is 0 Å². The molecule has 0 aliphatic carbocycles. The van der Waals surface area contributed by atoms with E-state index in [4.69, 9.17) is 17.4 Å². The molecule has 0 amide bonds. The van der Waals surface area contributed by atoms with Gasteiger partial charge in [0.15, 0.2) is 0 Å². The van der Waals surface area contributed by atoms with E-state index in [9.17, 15) is 9.59 Å². The van der Waals surface area contributed by atoms with Gasteiger partial charge in [0.1, 0.15) is 0 Å². The fraction of sp³-hybridized carbons (Fsp3) is 0. The molecule has 0 fully saturated rings. The molecule has 0 unspecified atom stereocenters. The van der Waals surface area contributed by atoms with E-state index in [2.05, 4.69) is 4.98 Å². The van der Waals surface area contributed by atoms with Crippen LogP contribution in [-0.2, 0) is 0 Å². The minimum atomic E-state index is -0.408. The molecular weight excluding hydrogens is 328 g/mol. The third-order valence-corrected chi connectivity index (χ3v) is 4.20. The number of halogens is 1. The van der Waals surface area contributed by atoms with Crippen LogP contribution in [0.2, 0.25) is 5.02 Å². The van der Waals surface area contributed by atoms with E-state index in [-0.39, 0.29) is 5.56 Å². The predicted octanol–water partition coefficient (Wildman–Crippen LogP) is 2.07. The van der Waals surface area contributed by atoms with Gasteiger partial charge in [0.25, 0.3) is 11.1 Å². The van der Waals surface area contributed by atoms with Crippen molar-refractivity contribution in [2.45, 2.75) is 0 Å². The summed E-state index contributed by atoms with van der Waals surface area (Å²) < 4.78 is 2.40. The third-order valence-electron chi connectivity index (χ3n) is 3.88. The van der Waals surface area contributed by atoms with Crippen molar-refractivity contribution < 1.29 is 0 Å². The predicted molar refractivity (Wildman–Crippen MR) is 94.3 cm³/mol. The smallest absolute Gasteiger partial charge is 0.278 e. The van der Waals surface area contributed by atoms with Gasteiger partial charge in [-0.25, -0.2) is 9.66 Å². The summed E-state index contributed by atoms with van der Waals surface area (Å²) in [6.07, 6.45) is 3.06. The molecule has 1 aromatic carbocycles. The van der Waals surface area contributed by atoms with Gasteiger partial charge in [0.2, 0.25) is 0 Å². The second-order valence-corrected chi connectivity index (χ2v) is 5.73. The van der Waals surface area contributed by atoms with E-state index in [1.807, 2.05) is 0 Å². The van der Waals surface area contributed by atoms with Crippen LogP contribution in [0.4, 0.5) is 0 Å². The van der Waals surface area contributed by atoms with Gasteiger partial charge in [-0.2, -0.15) is 0 Å². The largest absolute Gasteiger partial charge is 0.336 e. The molecule has 0 aliphatic heterocycles. The van der Waals surface area contributed by atoms with E-state index in [1.54, 1.807) is 42.6 Å². The highest BCUT2D eigenvalue weighted by Gasteiger charge is 2.11. The number of fused-ring (bicyclic) bond motifs is 2. The van der Waals surface area contributed by atoms with Crippen LogP contribution in [0.1, 0.15) is 0 Å². The third kappa shape index (κ3) is 2.08. The molecule has 0 saturated carbocycles. The summed E-state index contributed by atoms with van der Waals surface area (Å²) in [5, 5.41) is 1.08. The Morgan fingerprint density at radius 3 is 2.33 bits per heavy atom. The average Bonchev–Trinajstić information content (AvgIpc) is 2.59. The molecule has 4 rings (SSSR count). The Morgan fingerprint density at radius 1 is 0.917 bits per heavy atom. The zero-order valence-corrected chi connectivity index (χ0v) is 13.1. The van der Waals surface area contributed by atoms with Crippen molar-refractivity contribution in [3.8, 4) is 5.69 Å².